The summed E-state index contributed by atoms with van der Waals surface area (Å²) in [6.45, 7) is 7.03. The number of halogens is 1. The lowest BCUT2D eigenvalue weighted by Gasteiger charge is -2.41. The highest BCUT2D eigenvalue weighted by Crippen LogP contribution is 2.44. The summed E-state index contributed by atoms with van der Waals surface area (Å²) in [5, 5.41) is 3.22. The fraction of sp³-hybridized carbons (Fsp3) is 0.562. The van der Waals surface area contributed by atoms with E-state index in [4.69, 9.17) is 5.73 Å². The summed E-state index contributed by atoms with van der Waals surface area (Å²) in [5.74, 6) is 0.542. The highest BCUT2D eigenvalue weighted by atomic mass is 79.9. The Balaban J connectivity index is 2.09. The molecule has 4 heteroatoms. The largest absolute Gasteiger partial charge is 0.370 e. The molecule has 0 amide bonds. The van der Waals surface area contributed by atoms with Crippen LogP contribution in [-0.2, 0) is 5.41 Å². The Bertz CT molecular complexity index is 481. The average Bonchev–Trinajstić information content (AvgIpc) is 2.27. The van der Waals surface area contributed by atoms with Crippen molar-refractivity contribution in [2.24, 2.45) is 10.7 Å². The molecule has 0 heterocycles. The van der Waals surface area contributed by atoms with Crippen molar-refractivity contribution in [1.82, 2.24) is 5.32 Å². The lowest BCUT2D eigenvalue weighted by atomic mass is 9.64. The van der Waals surface area contributed by atoms with Gasteiger partial charge in [0, 0.05) is 15.4 Å². The SMILES string of the molecule is CC(C)(C)NC(N)=NCC1(c2ccc(Br)cc2)CCC1. The molecule has 0 unspecified atom stereocenters. The molecule has 2 rings (SSSR count). The van der Waals surface area contributed by atoms with E-state index in [1.54, 1.807) is 0 Å². The van der Waals surface area contributed by atoms with E-state index in [2.05, 4.69) is 71.3 Å². The van der Waals surface area contributed by atoms with Crippen molar-refractivity contribution >= 4 is 21.9 Å². The highest BCUT2D eigenvalue weighted by molar-refractivity contribution is 9.10. The lowest BCUT2D eigenvalue weighted by molar-refractivity contribution is 0.253. The zero-order valence-electron chi connectivity index (χ0n) is 12.5. The van der Waals surface area contributed by atoms with Crippen LogP contribution in [0.4, 0.5) is 0 Å². The Hall–Kier alpha value is -1.03. The number of hydrogen-bond acceptors (Lipinski definition) is 1. The summed E-state index contributed by atoms with van der Waals surface area (Å²) in [6, 6.07) is 8.62. The van der Waals surface area contributed by atoms with Crippen LogP contribution in [0.2, 0.25) is 0 Å². The van der Waals surface area contributed by atoms with Crippen molar-refractivity contribution in [3.05, 3.63) is 34.3 Å². The van der Waals surface area contributed by atoms with Crippen molar-refractivity contribution in [1.29, 1.82) is 0 Å². The Morgan fingerprint density at radius 2 is 1.90 bits per heavy atom. The molecule has 0 saturated heterocycles. The second kappa shape index (κ2) is 5.76. The van der Waals surface area contributed by atoms with Gasteiger partial charge in [-0.25, -0.2) is 0 Å². The second-order valence-corrected chi connectivity index (χ2v) is 7.63. The molecule has 1 aliphatic carbocycles. The quantitative estimate of drug-likeness (QED) is 0.654. The first-order valence-electron chi connectivity index (χ1n) is 7.15. The van der Waals surface area contributed by atoms with Crippen LogP contribution in [0.25, 0.3) is 0 Å². The van der Waals surface area contributed by atoms with Crippen molar-refractivity contribution in [2.45, 2.75) is 51.0 Å². The monoisotopic (exact) mass is 337 g/mol. The van der Waals surface area contributed by atoms with Crippen LogP contribution in [0.3, 0.4) is 0 Å². The molecular weight excluding hydrogens is 314 g/mol. The van der Waals surface area contributed by atoms with Gasteiger partial charge in [-0.3, -0.25) is 4.99 Å². The Morgan fingerprint density at radius 1 is 1.30 bits per heavy atom. The predicted octanol–water partition coefficient (Wildman–Crippen LogP) is 3.57. The van der Waals surface area contributed by atoms with Gasteiger partial charge in [-0.2, -0.15) is 0 Å². The molecule has 0 aliphatic heterocycles. The number of nitrogens with zero attached hydrogens (tertiary/aromatic N) is 1. The number of hydrogen-bond donors (Lipinski definition) is 2. The predicted molar refractivity (Wildman–Crippen MR) is 89.0 cm³/mol. The van der Waals surface area contributed by atoms with Gasteiger partial charge in [0.05, 0.1) is 6.54 Å². The molecule has 0 spiro atoms. The van der Waals surface area contributed by atoms with Crippen molar-refractivity contribution in [2.75, 3.05) is 6.54 Å². The number of rotatable bonds is 3. The molecule has 1 saturated carbocycles. The molecule has 1 fully saturated rings. The van der Waals surface area contributed by atoms with Crippen molar-refractivity contribution in [3.63, 3.8) is 0 Å². The first-order chi connectivity index (χ1) is 9.31. The van der Waals surface area contributed by atoms with Gasteiger partial charge in [0.15, 0.2) is 5.96 Å². The van der Waals surface area contributed by atoms with Gasteiger partial charge in [-0.15, -0.1) is 0 Å². The third-order valence-electron chi connectivity index (χ3n) is 3.82. The van der Waals surface area contributed by atoms with E-state index in [-0.39, 0.29) is 11.0 Å². The number of nitrogens with one attached hydrogen (secondary N) is 1. The normalized spacial score (nSPS) is 18.5. The molecule has 1 aromatic rings. The molecule has 0 radical (unpaired) electrons. The van der Waals surface area contributed by atoms with Gasteiger partial charge in [-0.1, -0.05) is 34.5 Å². The van der Waals surface area contributed by atoms with Crippen LogP contribution in [0.1, 0.15) is 45.6 Å². The van der Waals surface area contributed by atoms with Gasteiger partial charge >= 0.3 is 0 Å². The van der Waals surface area contributed by atoms with Crippen LogP contribution in [-0.4, -0.2) is 18.0 Å². The summed E-state index contributed by atoms with van der Waals surface area (Å²) >= 11 is 3.49. The summed E-state index contributed by atoms with van der Waals surface area (Å²) < 4.78 is 1.12. The van der Waals surface area contributed by atoms with Gasteiger partial charge in [0.2, 0.25) is 0 Å². The van der Waals surface area contributed by atoms with E-state index in [0.717, 1.165) is 11.0 Å². The molecule has 3 nitrogen and oxygen atoms in total. The molecule has 0 bridgehead atoms. The van der Waals surface area contributed by atoms with E-state index in [1.807, 2.05) is 0 Å². The van der Waals surface area contributed by atoms with Crippen LogP contribution in [0.15, 0.2) is 33.7 Å². The van der Waals surface area contributed by atoms with Crippen LogP contribution >= 0.6 is 15.9 Å². The second-order valence-electron chi connectivity index (χ2n) is 6.72. The topological polar surface area (TPSA) is 50.4 Å². The van der Waals surface area contributed by atoms with Gasteiger partial charge in [-0.05, 0) is 51.3 Å². The van der Waals surface area contributed by atoms with Crippen LogP contribution in [0, 0.1) is 0 Å². The number of benzene rings is 1. The van der Waals surface area contributed by atoms with Gasteiger partial charge < -0.3 is 11.1 Å². The molecular formula is C16H24BrN3. The first-order valence-corrected chi connectivity index (χ1v) is 7.94. The number of aliphatic imine (C=N–C) groups is 1. The molecule has 1 aromatic carbocycles. The maximum Gasteiger partial charge on any atom is 0.189 e. The zero-order valence-corrected chi connectivity index (χ0v) is 14.1. The lowest BCUT2D eigenvalue weighted by Crippen LogP contribution is -2.46. The highest BCUT2D eigenvalue weighted by Gasteiger charge is 2.38. The van der Waals surface area contributed by atoms with E-state index in [0.29, 0.717) is 5.96 Å². The molecule has 20 heavy (non-hydrogen) atoms. The van der Waals surface area contributed by atoms with Crippen molar-refractivity contribution in [3.8, 4) is 0 Å². The molecule has 0 aromatic heterocycles. The molecule has 1 aliphatic rings. The standard InChI is InChI=1S/C16H24BrN3/c1-15(2,3)20-14(18)19-11-16(9-4-10-16)12-5-7-13(17)8-6-12/h5-8H,4,9-11H2,1-3H3,(H3,18,19,20). The minimum absolute atomic E-state index is 0.0437. The fourth-order valence-electron chi connectivity index (χ4n) is 2.61. The van der Waals surface area contributed by atoms with Gasteiger partial charge in [0.1, 0.15) is 0 Å². The average molecular weight is 338 g/mol. The number of guanidine groups is 1. The Labute approximate surface area is 130 Å². The van der Waals surface area contributed by atoms with Crippen molar-refractivity contribution < 1.29 is 0 Å². The fourth-order valence-corrected chi connectivity index (χ4v) is 2.87. The van der Waals surface area contributed by atoms with Crippen LogP contribution < -0.4 is 11.1 Å². The zero-order chi connectivity index (χ0) is 14.8. The molecule has 3 N–H and O–H groups in total. The summed E-state index contributed by atoms with van der Waals surface area (Å²) in [4.78, 5) is 4.57. The molecule has 110 valence electrons. The maximum absolute atomic E-state index is 5.98. The number of nitrogens with two attached hydrogens (primary N) is 1. The van der Waals surface area contributed by atoms with Crippen LogP contribution in [0.5, 0.6) is 0 Å². The maximum atomic E-state index is 5.98. The summed E-state index contributed by atoms with van der Waals surface area (Å²) in [5.41, 5.74) is 7.50. The first kappa shape index (κ1) is 15.4. The smallest absolute Gasteiger partial charge is 0.189 e. The summed E-state index contributed by atoms with van der Waals surface area (Å²) in [6.07, 6.45) is 3.67. The minimum atomic E-state index is -0.0437. The third kappa shape index (κ3) is 3.75. The Kier molecular flexibility index (Phi) is 4.43. The molecule has 0 atom stereocenters. The van der Waals surface area contributed by atoms with E-state index in [9.17, 15) is 0 Å². The Morgan fingerprint density at radius 3 is 2.35 bits per heavy atom. The van der Waals surface area contributed by atoms with E-state index < -0.39 is 0 Å². The third-order valence-corrected chi connectivity index (χ3v) is 4.35. The van der Waals surface area contributed by atoms with E-state index >= 15 is 0 Å². The minimum Gasteiger partial charge on any atom is -0.370 e. The van der Waals surface area contributed by atoms with Gasteiger partial charge in [0.25, 0.3) is 0 Å². The van der Waals surface area contributed by atoms with E-state index in [1.165, 1.54) is 24.8 Å². The summed E-state index contributed by atoms with van der Waals surface area (Å²) in [7, 11) is 0.